The van der Waals surface area contributed by atoms with E-state index in [9.17, 15) is 0 Å². The van der Waals surface area contributed by atoms with Gasteiger partial charge in [-0.2, -0.15) is 0 Å². The maximum atomic E-state index is 4.48. The van der Waals surface area contributed by atoms with Crippen LogP contribution in [-0.4, -0.2) is 49.2 Å². The van der Waals surface area contributed by atoms with Crippen molar-refractivity contribution >= 4 is 5.69 Å². The van der Waals surface area contributed by atoms with Crippen molar-refractivity contribution in [1.29, 1.82) is 0 Å². The zero-order chi connectivity index (χ0) is 14.5. The number of hydrogen-bond acceptors (Lipinski definition) is 4. The lowest BCUT2D eigenvalue weighted by molar-refractivity contribution is 0.373. The van der Waals surface area contributed by atoms with Crippen molar-refractivity contribution in [3.63, 3.8) is 0 Å². The molecule has 0 saturated heterocycles. The van der Waals surface area contributed by atoms with Crippen LogP contribution in [0.5, 0.6) is 0 Å². The number of anilines is 1. The highest BCUT2D eigenvalue weighted by molar-refractivity contribution is 5.47. The lowest BCUT2D eigenvalue weighted by Gasteiger charge is -2.32. The van der Waals surface area contributed by atoms with Crippen molar-refractivity contribution in [3.05, 3.63) is 24.0 Å². The van der Waals surface area contributed by atoms with Crippen LogP contribution in [0.1, 0.15) is 32.4 Å². The average Bonchev–Trinajstić information content (AvgIpc) is 3.21. The first-order valence-corrected chi connectivity index (χ1v) is 7.69. The molecule has 2 rings (SSSR count). The van der Waals surface area contributed by atoms with Gasteiger partial charge in [-0.3, -0.25) is 4.98 Å². The molecule has 4 heteroatoms. The normalized spacial score (nSPS) is 16.4. The molecule has 1 heterocycles. The van der Waals surface area contributed by atoms with Gasteiger partial charge in [0.1, 0.15) is 0 Å². The van der Waals surface area contributed by atoms with E-state index in [1.165, 1.54) is 18.5 Å². The summed E-state index contributed by atoms with van der Waals surface area (Å²) in [4.78, 5) is 9.16. The van der Waals surface area contributed by atoms with Crippen molar-refractivity contribution in [2.75, 3.05) is 32.1 Å². The maximum Gasteiger partial charge on any atom is 0.0562 e. The van der Waals surface area contributed by atoms with Crippen LogP contribution < -0.4 is 10.2 Å². The quantitative estimate of drug-likeness (QED) is 0.788. The zero-order valence-electron chi connectivity index (χ0n) is 13.3. The van der Waals surface area contributed by atoms with Gasteiger partial charge in [0, 0.05) is 43.6 Å². The van der Waals surface area contributed by atoms with E-state index in [1.54, 1.807) is 0 Å². The second-order valence-electron chi connectivity index (χ2n) is 6.06. The van der Waals surface area contributed by atoms with Crippen LogP contribution in [0.3, 0.4) is 0 Å². The first-order valence-electron chi connectivity index (χ1n) is 7.69. The van der Waals surface area contributed by atoms with E-state index < -0.39 is 0 Å². The van der Waals surface area contributed by atoms with E-state index in [0.29, 0.717) is 6.04 Å². The summed E-state index contributed by atoms with van der Waals surface area (Å²) in [5, 5.41) is 3.53. The molecule has 20 heavy (non-hydrogen) atoms. The molecule has 1 aromatic rings. The smallest absolute Gasteiger partial charge is 0.0562 e. The number of pyridine rings is 1. The number of nitrogens with zero attached hydrogens (tertiary/aromatic N) is 3. The first kappa shape index (κ1) is 15.3. The molecular weight excluding hydrogens is 248 g/mol. The Morgan fingerprint density at radius 3 is 2.75 bits per heavy atom. The number of likely N-dealkylation sites (N-methyl/N-ethyl adjacent to an activating group) is 2. The molecule has 1 aromatic heterocycles. The number of hydrogen-bond donors (Lipinski definition) is 1. The fraction of sp³-hybridized carbons (Fsp3) is 0.688. The molecule has 1 unspecified atom stereocenters. The van der Waals surface area contributed by atoms with Gasteiger partial charge in [-0.15, -0.1) is 0 Å². The standard InChI is InChI=1S/C16H28N4/c1-5-20(13(2)12-19(3)4)16-8-9-17-15(10-16)11-18-14-6-7-14/h8-10,13-14,18H,5-7,11-12H2,1-4H3. The third-order valence-electron chi connectivity index (χ3n) is 3.78. The van der Waals surface area contributed by atoms with Gasteiger partial charge in [0.25, 0.3) is 0 Å². The Kier molecular flexibility index (Phi) is 5.38. The van der Waals surface area contributed by atoms with Gasteiger partial charge in [0.2, 0.25) is 0 Å². The van der Waals surface area contributed by atoms with Gasteiger partial charge in [-0.25, -0.2) is 0 Å². The highest BCUT2D eigenvalue weighted by Gasteiger charge is 2.20. The van der Waals surface area contributed by atoms with E-state index in [-0.39, 0.29) is 0 Å². The molecule has 1 atom stereocenters. The minimum absolute atomic E-state index is 0.502. The van der Waals surface area contributed by atoms with Crippen LogP contribution in [0.15, 0.2) is 18.3 Å². The van der Waals surface area contributed by atoms with E-state index in [0.717, 1.165) is 31.4 Å². The predicted molar refractivity (Wildman–Crippen MR) is 85.1 cm³/mol. The maximum absolute atomic E-state index is 4.48. The fourth-order valence-corrected chi connectivity index (χ4v) is 2.65. The molecule has 1 saturated carbocycles. The molecule has 1 aliphatic carbocycles. The third kappa shape index (κ3) is 4.46. The van der Waals surface area contributed by atoms with E-state index in [1.807, 2.05) is 6.20 Å². The molecule has 4 nitrogen and oxygen atoms in total. The van der Waals surface area contributed by atoms with Crippen LogP contribution >= 0.6 is 0 Å². The summed E-state index contributed by atoms with van der Waals surface area (Å²) < 4.78 is 0. The zero-order valence-corrected chi connectivity index (χ0v) is 13.3. The summed E-state index contributed by atoms with van der Waals surface area (Å²) in [7, 11) is 4.25. The fourth-order valence-electron chi connectivity index (χ4n) is 2.65. The summed E-state index contributed by atoms with van der Waals surface area (Å²) in [6, 6.07) is 5.58. The molecule has 0 aromatic carbocycles. The lowest BCUT2D eigenvalue weighted by atomic mass is 10.2. The molecule has 0 aliphatic heterocycles. The molecule has 0 bridgehead atoms. The van der Waals surface area contributed by atoms with Gasteiger partial charge in [0.15, 0.2) is 0 Å². The van der Waals surface area contributed by atoms with Crippen molar-refractivity contribution in [3.8, 4) is 0 Å². The minimum atomic E-state index is 0.502. The second-order valence-corrected chi connectivity index (χ2v) is 6.06. The Hall–Kier alpha value is -1.13. The summed E-state index contributed by atoms with van der Waals surface area (Å²) in [6.07, 6.45) is 4.57. The van der Waals surface area contributed by atoms with E-state index in [4.69, 9.17) is 0 Å². The summed E-state index contributed by atoms with van der Waals surface area (Å²) >= 11 is 0. The Morgan fingerprint density at radius 1 is 1.40 bits per heavy atom. The van der Waals surface area contributed by atoms with Gasteiger partial charge in [0.05, 0.1) is 5.69 Å². The van der Waals surface area contributed by atoms with Crippen LogP contribution in [0.2, 0.25) is 0 Å². The van der Waals surface area contributed by atoms with Crippen molar-refractivity contribution in [1.82, 2.24) is 15.2 Å². The van der Waals surface area contributed by atoms with Gasteiger partial charge < -0.3 is 15.1 Å². The van der Waals surface area contributed by atoms with Crippen LogP contribution in [-0.2, 0) is 6.54 Å². The topological polar surface area (TPSA) is 31.4 Å². The third-order valence-corrected chi connectivity index (χ3v) is 3.78. The molecular formula is C16H28N4. The van der Waals surface area contributed by atoms with E-state index in [2.05, 4.69) is 60.2 Å². The highest BCUT2D eigenvalue weighted by Crippen LogP contribution is 2.21. The van der Waals surface area contributed by atoms with Gasteiger partial charge in [-0.05, 0) is 52.9 Å². The molecule has 0 radical (unpaired) electrons. The van der Waals surface area contributed by atoms with Gasteiger partial charge in [-0.1, -0.05) is 0 Å². The van der Waals surface area contributed by atoms with Crippen LogP contribution in [0, 0.1) is 0 Å². The Morgan fingerprint density at radius 2 is 2.15 bits per heavy atom. The summed E-state index contributed by atoms with van der Waals surface area (Å²) in [5.41, 5.74) is 2.43. The number of nitrogens with one attached hydrogen (secondary N) is 1. The monoisotopic (exact) mass is 276 g/mol. The molecule has 0 amide bonds. The molecule has 1 aliphatic rings. The average molecular weight is 276 g/mol. The molecule has 1 N–H and O–H groups in total. The van der Waals surface area contributed by atoms with Crippen LogP contribution in [0.25, 0.3) is 0 Å². The summed E-state index contributed by atoms with van der Waals surface area (Å²) in [5.74, 6) is 0. The Bertz CT molecular complexity index is 415. The SMILES string of the molecule is CCN(c1ccnc(CNC2CC2)c1)C(C)CN(C)C. The number of rotatable bonds is 8. The lowest BCUT2D eigenvalue weighted by Crippen LogP contribution is -2.40. The highest BCUT2D eigenvalue weighted by atomic mass is 15.2. The minimum Gasteiger partial charge on any atom is -0.368 e. The molecule has 1 fully saturated rings. The molecule has 0 spiro atoms. The van der Waals surface area contributed by atoms with Crippen LogP contribution in [0.4, 0.5) is 5.69 Å². The Labute approximate surface area is 123 Å². The van der Waals surface area contributed by atoms with Crippen molar-refractivity contribution in [2.24, 2.45) is 0 Å². The molecule has 112 valence electrons. The second kappa shape index (κ2) is 7.04. The summed E-state index contributed by atoms with van der Waals surface area (Å²) in [6.45, 7) is 7.47. The van der Waals surface area contributed by atoms with Crippen molar-refractivity contribution in [2.45, 2.75) is 45.3 Å². The predicted octanol–water partition coefficient (Wildman–Crippen LogP) is 2.11. The number of aromatic nitrogens is 1. The Balaban J connectivity index is 2.01. The van der Waals surface area contributed by atoms with Crippen molar-refractivity contribution < 1.29 is 0 Å². The largest absolute Gasteiger partial charge is 0.368 e. The van der Waals surface area contributed by atoms with Gasteiger partial charge >= 0.3 is 0 Å². The first-order chi connectivity index (χ1) is 9.60. The van der Waals surface area contributed by atoms with E-state index >= 15 is 0 Å².